The summed E-state index contributed by atoms with van der Waals surface area (Å²) in [5.41, 5.74) is 3.31. The van der Waals surface area contributed by atoms with Crippen LogP contribution in [0.3, 0.4) is 0 Å². The van der Waals surface area contributed by atoms with Crippen LogP contribution in [0.4, 0.5) is 0 Å². The lowest BCUT2D eigenvalue weighted by Gasteiger charge is -2.06. The summed E-state index contributed by atoms with van der Waals surface area (Å²) in [5, 5.41) is 8.02. The molecular formula is C18H12N6O. The fourth-order valence-electron chi connectivity index (χ4n) is 2.71. The molecule has 0 spiro atoms. The highest BCUT2D eigenvalue weighted by Crippen LogP contribution is 2.23. The largest absolute Gasteiger partial charge is 0.424 e. The van der Waals surface area contributed by atoms with Gasteiger partial charge in [-0.2, -0.15) is 10.1 Å². The van der Waals surface area contributed by atoms with E-state index in [0.29, 0.717) is 16.9 Å². The molecule has 3 aromatic heterocycles. The highest BCUT2D eigenvalue weighted by Gasteiger charge is 2.10. The van der Waals surface area contributed by atoms with Crippen LogP contribution in [0.5, 0.6) is 11.8 Å². The molecule has 1 N–H and O–H groups in total. The molecule has 3 heterocycles. The van der Waals surface area contributed by atoms with Crippen molar-refractivity contribution in [3.05, 3.63) is 67.3 Å². The number of hydrogen-bond acceptors (Lipinski definition) is 5. The van der Waals surface area contributed by atoms with Crippen LogP contribution in [-0.2, 0) is 0 Å². The SMILES string of the molecule is c1ccc(Oc2ncc3ncn(-c4ccc5[nH]ncc5c4)c3n2)cc1. The van der Waals surface area contributed by atoms with Crippen LogP contribution in [0.25, 0.3) is 27.8 Å². The summed E-state index contributed by atoms with van der Waals surface area (Å²) in [4.78, 5) is 13.1. The second-order valence-corrected chi connectivity index (χ2v) is 5.53. The van der Waals surface area contributed by atoms with E-state index in [-0.39, 0.29) is 6.01 Å². The molecule has 0 fully saturated rings. The zero-order chi connectivity index (χ0) is 16.6. The molecule has 0 aliphatic heterocycles. The fraction of sp³-hybridized carbons (Fsp3) is 0. The van der Waals surface area contributed by atoms with Crippen molar-refractivity contribution in [2.24, 2.45) is 0 Å². The highest BCUT2D eigenvalue weighted by molar-refractivity contribution is 5.81. The molecule has 5 aromatic rings. The maximum absolute atomic E-state index is 5.73. The fourth-order valence-corrected chi connectivity index (χ4v) is 2.71. The molecule has 0 amide bonds. The third kappa shape index (κ3) is 2.38. The zero-order valence-corrected chi connectivity index (χ0v) is 13.0. The molecule has 0 bridgehead atoms. The molecule has 0 atom stereocenters. The van der Waals surface area contributed by atoms with Gasteiger partial charge in [0, 0.05) is 11.1 Å². The van der Waals surface area contributed by atoms with Crippen molar-refractivity contribution in [1.29, 1.82) is 0 Å². The second kappa shape index (κ2) is 5.41. The number of imidazole rings is 1. The maximum Gasteiger partial charge on any atom is 0.324 e. The number of nitrogens with zero attached hydrogens (tertiary/aromatic N) is 5. The van der Waals surface area contributed by atoms with Gasteiger partial charge in [-0.05, 0) is 30.3 Å². The van der Waals surface area contributed by atoms with Gasteiger partial charge in [-0.3, -0.25) is 9.67 Å². The van der Waals surface area contributed by atoms with Gasteiger partial charge >= 0.3 is 6.01 Å². The van der Waals surface area contributed by atoms with Gasteiger partial charge in [0.1, 0.15) is 17.6 Å². The average Bonchev–Trinajstić information content (AvgIpc) is 3.28. The van der Waals surface area contributed by atoms with Crippen LogP contribution >= 0.6 is 0 Å². The van der Waals surface area contributed by atoms with Gasteiger partial charge in [-0.25, -0.2) is 9.97 Å². The Labute approximate surface area is 141 Å². The summed E-state index contributed by atoms with van der Waals surface area (Å²) in [5.74, 6) is 0.688. The van der Waals surface area contributed by atoms with Crippen molar-refractivity contribution in [2.45, 2.75) is 0 Å². The maximum atomic E-state index is 5.73. The number of benzene rings is 2. The molecule has 25 heavy (non-hydrogen) atoms. The monoisotopic (exact) mass is 328 g/mol. The lowest BCUT2D eigenvalue weighted by molar-refractivity contribution is 0.444. The minimum Gasteiger partial charge on any atom is -0.424 e. The predicted molar refractivity (Wildman–Crippen MR) is 92.8 cm³/mol. The zero-order valence-electron chi connectivity index (χ0n) is 13.0. The van der Waals surface area contributed by atoms with Gasteiger partial charge in [0.15, 0.2) is 5.65 Å². The standard InChI is InChI=1S/C18H12N6O/c1-2-4-14(5-3-1)25-18-19-10-16-17(22-18)24(11-20-16)13-6-7-15-12(8-13)9-21-23-15/h1-11H,(H,21,23). The van der Waals surface area contributed by atoms with E-state index in [9.17, 15) is 0 Å². The van der Waals surface area contributed by atoms with Gasteiger partial charge < -0.3 is 4.74 Å². The lowest BCUT2D eigenvalue weighted by Crippen LogP contribution is -1.97. The number of H-pyrrole nitrogens is 1. The van der Waals surface area contributed by atoms with E-state index in [4.69, 9.17) is 4.74 Å². The van der Waals surface area contributed by atoms with Crippen molar-refractivity contribution in [3.8, 4) is 17.4 Å². The number of nitrogens with one attached hydrogen (secondary N) is 1. The minimum atomic E-state index is 0.282. The van der Waals surface area contributed by atoms with E-state index in [0.717, 1.165) is 16.6 Å². The molecule has 7 nitrogen and oxygen atoms in total. The minimum absolute atomic E-state index is 0.282. The van der Waals surface area contributed by atoms with Crippen LogP contribution < -0.4 is 4.74 Å². The van der Waals surface area contributed by atoms with Crippen LogP contribution in [0.2, 0.25) is 0 Å². The normalized spacial score (nSPS) is 11.2. The average molecular weight is 328 g/mol. The molecule has 0 aliphatic rings. The highest BCUT2D eigenvalue weighted by atomic mass is 16.5. The lowest BCUT2D eigenvalue weighted by atomic mass is 10.2. The van der Waals surface area contributed by atoms with Gasteiger partial charge in [0.25, 0.3) is 0 Å². The summed E-state index contributed by atoms with van der Waals surface area (Å²) in [6, 6.07) is 15.7. The summed E-state index contributed by atoms with van der Waals surface area (Å²) in [6.07, 6.45) is 5.18. The van der Waals surface area contributed by atoms with Crippen molar-refractivity contribution in [3.63, 3.8) is 0 Å². The van der Waals surface area contributed by atoms with Crippen LogP contribution in [0.1, 0.15) is 0 Å². The third-order valence-electron chi connectivity index (χ3n) is 3.92. The topological polar surface area (TPSA) is 81.5 Å². The van der Waals surface area contributed by atoms with E-state index in [1.165, 1.54) is 0 Å². The Balaban J connectivity index is 1.60. The molecule has 0 saturated carbocycles. The molecule has 0 saturated heterocycles. The Hall–Kier alpha value is -3.74. The molecule has 7 heteroatoms. The van der Waals surface area contributed by atoms with E-state index < -0.39 is 0 Å². The van der Waals surface area contributed by atoms with Crippen molar-refractivity contribution < 1.29 is 4.74 Å². The Kier molecular flexibility index (Phi) is 2.96. The third-order valence-corrected chi connectivity index (χ3v) is 3.92. The molecule has 0 radical (unpaired) electrons. The van der Waals surface area contributed by atoms with E-state index in [1.807, 2.05) is 53.1 Å². The summed E-state index contributed by atoms with van der Waals surface area (Å²) in [7, 11) is 0. The Bertz CT molecular complexity index is 1180. The Morgan fingerprint density at radius 1 is 0.960 bits per heavy atom. The van der Waals surface area contributed by atoms with Gasteiger partial charge in [-0.15, -0.1) is 0 Å². The molecular weight excluding hydrogens is 316 g/mol. The molecule has 0 aliphatic carbocycles. The first-order valence-electron chi connectivity index (χ1n) is 7.73. The molecule has 5 rings (SSSR count). The van der Waals surface area contributed by atoms with E-state index >= 15 is 0 Å². The number of para-hydroxylation sites is 1. The van der Waals surface area contributed by atoms with Crippen LogP contribution in [0.15, 0.2) is 67.3 Å². The smallest absolute Gasteiger partial charge is 0.324 e. The first-order valence-corrected chi connectivity index (χ1v) is 7.73. The van der Waals surface area contributed by atoms with Gasteiger partial charge in [0.05, 0.1) is 17.9 Å². The number of hydrogen-bond donors (Lipinski definition) is 1. The van der Waals surface area contributed by atoms with E-state index in [1.54, 1.807) is 18.7 Å². The quantitative estimate of drug-likeness (QED) is 0.548. The van der Waals surface area contributed by atoms with Gasteiger partial charge in [0.2, 0.25) is 0 Å². The number of aromatic nitrogens is 6. The Morgan fingerprint density at radius 2 is 1.88 bits per heavy atom. The van der Waals surface area contributed by atoms with E-state index in [2.05, 4.69) is 25.1 Å². The van der Waals surface area contributed by atoms with Crippen molar-refractivity contribution >= 4 is 22.1 Å². The van der Waals surface area contributed by atoms with Crippen LogP contribution in [-0.4, -0.2) is 29.7 Å². The van der Waals surface area contributed by atoms with Crippen LogP contribution in [0, 0.1) is 0 Å². The van der Waals surface area contributed by atoms with Crippen molar-refractivity contribution in [1.82, 2.24) is 29.7 Å². The van der Waals surface area contributed by atoms with Crippen molar-refractivity contribution in [2.75, 3.05) is 0 Å². The summed E-state index contributed by atoms with van der Waals surface area (Å²) in [6.45, 7) is 0. The molecule has 120 valence electrons. The predicted octanol–water partition coefficient (Wildman–Crippen LogP) is 3.48. The Morgan fingerprint density at radius 3 is 2.80 bits per heavy atom. The number of fused-ring (bicyclic) bond motifs is 2. The second-order valence-electron chi connectivity index (χ2n) is 5.53. The first-order chi connectivity index (χ1) is 12.4. The number of aromatic amines is 1. The number of rotatable bonds is 3. The molecule has 0 unspecified atom stereocenters. The number of ether oxygens (including phenoxy) is 1. The first kappa shape index (κ1) is 13.7. The summed E-state index contributed by atoms with van der Waals surface area (Å²) >= 11 is 0. The van der Waals surface area contributed by atoms with Gasteiger partial charge in [-0.1, -0.05) is 18.2 Å². The molecule has 2 aromatic carbocycles. The summed E-state index contributed by atoms with van der Waals surface area (Å²) < 4.78 is 7.63.